The van der Waals surface area contributed by atoms with Crippen molar-refractivity contribution < 1.29 is 4.42 Å². The molecule has 0 aromatic carbocycles. The van der Waals surface area contributed by atoms with E-state index in [1.165, 1.54) is 4.52 Å². The average molecular weight is 278 g/mol. The number of furan rings is 1. The van der Waals surface area contributed by atoms with Crippen molar-refractivity contribution in [2.24, 2.45) is 0 Å². The van der Waals surface area contributed by atoms with Gasteiger partial charge in [-0.25, -0.2) is 4.98 Å². The standard InChI is InChI=1S/C14H10N6O/c15-14-18-13(9-4-1-2-6-16-9)17-12-8-10(19-20(12)14)11-5-3-7-21-11/h1-8H,(H2,15,17,18). The highest BCUT2D eigenvalue weighted by atomic mass is 16.3. The molecule has 0 saturated heterocycles. The maximum atomic E-state index is 5.95. The first-order valence-electron chi connectivity index (χ1n) is 6.30. The van der Waals surface area contributed by atoms with Gasteiger partial charge in [-0.1, -0.05) is 6.07 Å². The number of aromatic nitrogens is 5. The maximum Gasteiger partial charge on any atom is 0.225 e. The molecule has 0 bridgehead atoms. The van der Waals surface area contributed by atoms with Gasteiger partial charge in [-0.05, 0) is 24.3 Å². The zero-order valence-corrected chi connectivity index (χ0v) is 10.8. The molecule has 4 aromatic rings. The summed E-state index contributed by atoms with van der Waals surface area (Å²) in [5, 5.41) is 4.34. The quantitative estimate of drug-likeness (QED) is 0.602. The third-order valence-electron chi connectivity index (χ3n) is 3.02. The minimum Gasteiger partial charge on any atom is -0.463 e. The summed E-state index contributed by atoms with van der Waals surface area (Å²) in [6.45, 7) is 0. The number of hydrogen-bond donors (Lipinski definition) is 1. The van der Waals surface area contributed by atoms with Crippen LogP contribution in [0.2, 0.25) is 0 Å². The van der Waals surface area contributed by atoms with Gasteiger partial charge in [0.1, 0.15) is 11.4 Å². The van der Waals surface area contributed by atoms with Crippen LogP contribution in [0.15, 0.2) is 53.3 Å². The lowest BCUT2D eigenvalue weighted by Crippen LogP contribution is -2.05. The van der Waals surface area contributed by atoms with E-state index in [-0.39, 0.29) is 5.95 Å². The molecule has 0 radical (unpaired) electrons. The molecular formula is C14H10N6O. The first-order chi connectivity index (χ1) is 10.3. The monoisotopic (exact) mass is 278 g/mol. The Bertz CT molecular complexity index is 898. The second-order valence-electron chi connectivity index (χ2n) is 4.40. The summed E-state index contributed by atoms with van der Waals surface area (Å²) < 4.78 is 6.80. The lowest BCUT2D eigenvalue weighted by molar-refractivity contribution is 0.579. The van der Waals surface area contributed by atoms with Crippen LogP contribution in [0.4, 0.5) is 5.95 Å². The van der Waals surface area contributed by atoms with E-state index in [9.17, 15) is 0 Å². The van der Waals surface area contributed by atoms with Gasteiger partial charge in [-0.15, -0.1) is 0 Å². The molecule has 4 heterocycles. The van der Waals surface area contributed by atoms with E-state index in [0.29, 0.717) is 28.6 Å². The second-order valence-corrected chi connectivity index (χ2v) is 4.40. The Morgan fingerprint density at radius 1 is 1.05 bits per heavy atom. The normalized spacial score (nSPS) is 11.0. The van der Waals surface area contributed by atoms with Crippen LogP contribution < -0.4 is 5.73 Å². The molecule has 21 heavy (non-hydrogen) atoms. The molecule has 0 aliphatic rings. The van der Waals surface area contributed by atoms with Gasteiger partial charge in [0.15, 0.2) is 17.2 Å². The number of pyridine rings is 1. The van der Waals surface area contributed by atoms with Crippen molar-refractivity contribution in [3.63, 3.8) is 0 Å². The molecular weight excluding hydrogens is 268 g/mol. The maximum absolute atomic E-state index is 5.95. The molecule has 4 aromatic heterocycles. The van der Waals surface area contributed by atoms with Crippen LogP contribution in [-0.4, -0.2) is 24.6 Å². The van der Waals surface area contributed by atoms with Gasteiger partial charge >= 0.3 is 0 Å². The van der Waals surface area contributed by atoms with Crippen molar-refractivity contribution in [1.29, 1.82) is 0 Å². The van der Waals surface area contributed by atoms with Crippen LogP contribution in [0, 0.1) is 0 Å². The topological polar surface area (TPSA) is 95.1 Å². The fraction of sp³-hybridized carbons (Fsp3) is 0. The predicted octanol–water partition coefficient (Wildman–Crippen LogP) is 2.03. The zero-order valence-electron chi connectivity index (χ0n) is 10.8. The number of nitrogen functional groups attached to an aromatic ring is 1. The second kappa shape index (κ2) is 4.41. The Morgan fingerprint density at radius 3 is 2.76 bits per heavy atom. The van der Waals surface area contributed by atoms with Gasteiger partial charge in [0, 0.05) is 12.3 Å². The Kier molecular flexibility index (Phi) is 2.43. The van der Waals surface area contributed by atoms with Crippen molar-refractivity contribution in [2.45, 2.75) is 0 Å². The summed E-state index contributed by atoms with van der Waals surface area (Å²) in [6, 6.07) is 11.0. The molecule has 0 amide bonds. The fourth-order valence-corrected chi connectivity index (χ4v) is 2.06. The van der Waals surface area contributed by atoms with E-state index in [1.807, 2.05) is 24.3 Å². The van der Waals surface area contributed by atoms with Crippen LogP contribution >= 0.6 is 0 Å². The minimum absolute atomic E-state index is 0.249. The molecule has 0 atom stereocenters. The van der Waals surface area contributed by atoms with Crippen molar-refractivity contribution in [3.8, 4) is 23.0 Å². The van der Waals surface area contributed by atoms with Gasteiger partial charge in [-0.3, -0.25) is 4.98 Å². The Hall–Kier alpha value is -3.22. The van der Waals surface area contributed by atoms with Crippen molar-refractivity contribution >= 4 is 11.6 Å². The summed E-state index contributed by atoms with van der Waals surface area (Å²) in [5.41, 5.74) is 7.86. The molecule has 0 aliphatic heterocycles. The van der Waals surface area contributed by atoms with E-state index in [0.717, 1.165) is 0 Å². The molecule has 0 unspecified atom stereocenters. The van der Waals surface area contributed by atoms with Gasteiger partial charge < -0.3 is 10.2 Å². The number of nitrogens with two attached hydrogens (primary N) is 1. The molecule has 0 spiro atoms. The van der Waals surface area contributed by atoms with Gasteiger partial charge in [-0.2, -0.15) is 14.6 Å². The molecule has 0 aliphatic carbocycles. The highest BCUT2D eigenvalue weighted by Gasteiger charge is 2.13. The summed E-state index contributed by atoms with van der Waals surface area (Å²) in [7, 11) is 0. The average Bonchev–Trinajstić information content (AvgIpc) is 3.17. The highest BCUT2D eigenvalue weighted by molar-refractivity contribution is 5.63. The predicted molar refractivity (Wildman–Crippen MR) is 76.1 cm³/mol. The van der Waals surface area contributed by atoms with E-state index in [2.05, 4.69) is 20.1 Å². The molecule has 0 saturated carbocycles. The summed E-state index contributed by atoms with van der Waals surface area (Å²) in [5.74, 6) is 1.37. The smallest absolute Gasteiger partial charge is 0.225 e. The van der Waals surface area contributed by atoms with Crippen molar-refractivity contribution in [3.05, 3.63) is 48.9 Å². The van der Waals surface area contributed by atoms with Gasteiger partial charge in [0.2, 0.25) is 5.95 Å². The summed E-state index contributed by atoms with van der Waals surface area (Å²) in [4.78, 5) is 12.9. The third-order valence-corrected chi connectivity index (χ3v) is 3.02. The number of fused-ring (bicyclic) bond motifs is 1. The van der Waals surface area contributed by atoms with Crippen LogP contribution in [0.5, 0.6) is 0 Å². The first kappa shape index (κ1) is 11.6. The number of nitrogens with zero attached hydrogens (tertiary/aromatic N) is 5. The van der Waals surface area contributed by atoms with Crippen LogP contribution in [-0.2, 0) is 0 Å². The molecule has 7 heteroatoms. The number of hydrogen-bond acceptors (Lipinski definition) is 6. The van der Waals surface area contributed by atoms with Crippen molar-refractivity contribution in [2.75, 3.05) is 5.73 Å². The minimum atomic E-state index is 0.249. The van der Waals surface area contributed by atoms with Crippen LogP contribution in [0.3, 0.4) is 0 Å². The van der Waals surface area contributed by atoms with E-state index < -0.39 is 0 Å². The number of anilines is 1. The Balaban J connectivity index is 1.90. The molecule has 2 N–H and O–H groups in total. The molecule has 7 nitrogen and oxygen atoms in total. The lowest BCUT2D eigenvalue weighted by Gasteiger charge is -2.01. The molecule has 0 fully saturated rings. The van der Waals surface area contributed by atoms with Gasteiger partial charge in [0.05, 0.1) is 6.26 Å². The molecule has 4 rings (SSSR count). The van der Waals surface area contributed by atoms with E-state index in [4.69, 9.17) is 10.2 Å². The summed E-state index contributed by atoms with van der Waals surface area (Å²) >= 11 is 0. The third kappa shape index (κ3) is 1.91. The largest absolute Gasteiger partial charge is 0.463 e. The lowest BCUT2D eigenvalue weighted by atomic mass is 10.3. The summed E-state index contributed by atoms with van der Waals surface area (Å²) in [6.07, 6.45) is 3.28. The first-order valence-corrected chi connectivity index (χ1v) is 6.30. The fourth-order valence-electron chi connectivity index (χ4n) is 2.06. The molecule has 102 valence electrons. The van der Waals surface area contributed by atoms with Crippen LogP contribution in [0.25, 0.3) is 28.6 Å². The van der Waals surface area contributed by atoms with Crippen LogP contribution in [0.1, 0.15) is 0 Å². The highest BCUT2D eigenvalue weighted by Crippen LogP contribution is 2.22. The SMILES string of the molecule is Nc1nc(-c2ccccn2)nc2cc(-c3ccco3)nn12. The van der Waals surface area contributed by atoms with Gasteiger partial charge in [0.25, 0.3) is 0 Å². The van der Waals surface area contributed by atoms with E-state index in [1.54, 1.807) is 24.6 Å². The zero-order chi connectivity index (χ0) is 14.2. The Labute approximate surface area is 119 Å². The Morgan fingerprint density at radius 2 is 2.00 bits per heavy atom. The van der Waals surface area contributed by atoms with E-state index >= 15 is 0 Å². The number of rotatable bonds is 2. The van der Waals surface area contributed by atoms with Crippen molar-refractivity contribution in [1.82, 2.24) is 24.6 Å².